The van der Waals surface area contributed by atoms with Gasteiger partial charge in [-0.05, 0) is 30.7 Å². The highest BCUT2D eigenvalue weighted by Gasteiger charge is 2.00. The van der Waals surface area contributed by atoms with Crippen LogP contribution in [0.15, 0.2) is 42.9 Å². The van der Waals surface area contributed by atoms with Crippen molar-refractivity contribution in [1.82, 2.24) is 9.55 Å². The summed E-state index contributed by atoms with van der Waals surface area (Å²) >= 11 is 0. The molecule has 0 atom stereocenters. The fourth-order valence-corrected chi connectivity index (χ4v) is 1.63. The molecular weight excluding hydrogens is 172 g/mol. The highest BCUT2D eigenvalue weighted by Crippen LogP contribution is 2.09. The predicted molar refractivity (Wildman–Crippen MR) is 57.1 cm³/mol. The Morgan fingerprint density at radius 2 is 2.21 bits per heavy atom. The summed E-state index contributed by atoms with van der Waals surface area (Å²) in [5.74, 6) is 0. The summed E-state index contributed by atoms with van der Waals surface area (Å²) in [7, 11) is 0. The first-order valence-corrected chi connectivity index (χ1v) is 4.93. The van der Waals surface area contributed by atoms with E-state index in [9.17, 15) is 0 Å². The van der Waals surface area contributed by atoms with Crippen LogP contribution in [0, 0.1) is 0 Å². The fraction of sp³-hybridized carbons (Fsp3) is 0.250. The predicted octanol–water partition coefficient (Wildman–Crippen LogP) is 2.49. The van der Waals surface area contributed by atoms with Gasteiger partial charge < -0.3 is 4.57 Å². The summed E-state index contributed by atoms with van der Waals surface area (Å²) in [6.07, 6.45) is 6.82. The van der Waals surface area contributed by atoms with Gasteiger partial charge in [0.15, 0.2) is 0 Å². The Bertz CT molecular complexity index is 390. The van der Waals surface area contributed by atoms with Gasteiger partial charge in [0.2, 0.25) is 0 Å². The molecule has 0 bridgehead atoms. The first kappa shape index (κ1) is 9.00. The maximum absolute atomic E-state index is 4.11. The van der Waals surface area contributed by atoms with Gasteiger partial charge in [-0.2, -0.15) is 0 Å². The molecule has 14 heavy (non-hydrogen) atoms. The number of aryl methyl sites for hydroxylation is 1. The summed E-state index contributed by atoms with van der Waals surface area (Å²) in [6, 6.07) is 8.35. The van der Waals surface area contributed by atoms with E-state index >= 15 is 0 Å². The van der Waals surface area contributed by atoms with Crippen molar-refractivity contribution in [3.63, 3.8) is 0 Å². The van der Waals surface area contributed by atoms with E-state index in [1.165, 1.54) is 11.3 Å². The zero-order chi connectivity index (χ0) is 9.80. The summed E-state index contributed by atoms with van der Waals surface area (Å²) in [6.45, 7) is 3.19. The van der Waals surface area contributed by atoms with Gasteiger partial charge in [0.05, 0.1) is 0 Å². The Balaban J connectivity index is 2.19. The lowest BCUT2D eigenvalue weighted by atomic mass is 10.1. The zero-order valence-electron chi connectivity index (χ0n) is 8.35. The fourth-order valence-electron chi connectivity index (χ4n) is 1.63. The Labute approximate surface area is 84.2 Å². The van der Waals surface area contributed by atoms with E-state index in [0.29, 0.717) is 0 Å². The molecule has 0 aliphatic carbocycles. The van der Waals surface area contributed by atoms with E-state index in [4.69, 9.17) is 0 Å². The number of aromatic nitrogens is 2. The molecule has 0 unspecified atom stereocenters. The van der Waals surface area contributed by atoms with Crippen molar-refractivity contribution >= 4 is 0 Å². The quantitative estimate of drug-likeness (QED) is 0.720. The number of hydrogen-bond acceptors (Lipinski definition) is 1. The Hall–Kier alpha value is -1.57. The number of hydrogen-bond donors (Lipinski definition) is 0. The van der Waals surface area contributed by atoms with Crippen molar-refractivity contribution in [2.75, 3.05) is 0 Å². The van der Waals surface area contributed by atoms with Crippen LogP contribution >= 0.6 is 0 Å². The van der Waals surface area contributed by atoms with Crippen molar-refractivity contribution in [3.8, 4) is 0 Å². The molecule has 0 aromatic carbocycles. The maximum Gasteiger partial charge on any atom is 0.0303 e. The lowest BCUT2D eigenvalue weighted by Gasteiger charge is -2.05. The molecular formula is C12H14N2. The van der Waals surface area contributed by atoms with Crippen LogP contribution in [0.1, 0.15) is 18.2 Å². The van der Waals surface area contributed by atoms with Crippen LogP contribution in [0.5, 0.6) is 0 Å². The van der Waals surface area contributed by atoms with E-state index in [2.05, 4.69) is 40.9 Å². The van der Waals surface area contributed by atoms with Crippen LogP contribution in [0.2, 0.25) is 0 Å². The molecule has 2 nitrogen and oxygen atoms in total. The molecule has 0 fully saturated rings. The Morgan fingerprint density at radius 1 is 1.29 bits per heavy atom. The smallest absolute Gasteiger partial charge is 0.0303 e. The molecule has 0 saturated carbocycles. The van der Waals surface area contributed by atoms with Crippen molar-refractivity contribution in [1.29, 1.82) is 0 Å². The molecule has 0 radical (unpaired) electrons. The summed E-state index contributed by atoms with van der Waals surface area (Å²) < 4.78 is 2.26. The molecule has 2 heterocycles. The minimum absolute atomic E-state index is 0.967. The monoisotopic (exact) mass is 186 g/mol. The summed E-state index contributed by atoms with van der Waals surface area (Å²) in [5.41, 5.74) is 2.61. The van der Waals surface area contributed by atoms with Crippen molar-refractivity contribution in [2.45, 2.75) is 19.9 Å². The van der Waals surface area contributed by atoms with Gasteiger partial charge in [-0.25, -0.2) is 0 Å². The van der Waals surface area contributed by atoms with Crippen LogP contribution in [0.3, 0.4) is 0 Å². The summed E-state index contributed by atoms with van der Waals surface area (Å²) in [4.78, 5) is 4.11. The second-order valence-corrected chi connectivity index (χ2v) is 3.32. The van der Waals surface area contributed by atoms with Gasteiger partial charge in [-0.1, -0.05) is 6.07 Å². The molecule has 0 amide bonds. The van der Waals surface area contributed by atoms with Crippen LogP contribution < -0.4 is 0 Å². The highest BCUT2D eigenvalue weighted by atomic mass is 14.9. The van der Waals surface area contributed by atoms with Crippen LogP contribution in [0.4, 0.5) is 0 Å². The largest absolute Gasteiger partial charge is 0.351 e. The Kier molecular flexibility index (Phi) is 2.63. The normalized spacial score (nSPS) is 10.4. The molecule has 0 aliphatic heterocycles. The highest BCUT2D eigenvalue weighted by molar-refractivity contribution is 5.19. The SMILES string of the molecule is CCn1cccc1Cc1cccnc1. The second-order valence-electron chi connectivity index (χ2n) is 3.32. The van der Waals surface area contributed by atoms with Gasteiger partial charge in [-0.15, -0.1) is 0 Å². The van der Waals surface area contributed by atoms with Gasteiger partial charge in [0.25, 0.3) is 0 Å². The van der Waals surface area contributed by atoms with Gasteiger partial charge in [-0.3, -0.25) is 4.98 Å². The second kappa shape index (κ2) is 4.09. The van der Waals surface area contributed by atoms with E-state index < -0.39 is 0 Å². The van der Waals surface area contributed by atoms with Crippen molar-refractivity contribution in [3.05, 3.63) is 54.1 Å². The average molecular weight is 186 g/mol. The molecule has 2 aromatic heterocycles. The Morgan fingerprint density at radius 3 is 2.93 bits per heavy atom. The minimum atomic E-state index is 0.967. The number of nitrogens with zero attached hydrogens (tertiary/aromatic N) is 2. The molecule has 0 spiro atoms. The van der Waals surface area contributed by atoms with E-state index in [-0.39, 0.29) is 0 Å². The molecule has 0 N–H and O–H groups in total. The van der Waals surface area contributed by atoms with Gasteiger partial charge in [0.1, 0.15) is 0 Å². The van der Waals surface area contributed by atoms with Gasteiger partial charge >= 0.3 is 0 Å². The van der Waals surface area contributed by atoms with Crippen molar-refractivity contribution in [2.24, 2.45) is 0 Å². The number of rotatable bonds is 3. The third-order valence-corrected chi connectivity index (χ3v) is 2.37. The zero-order valence-corrected chi connectivity index (χ0v) is 8.35. The van der Waals surface area contributed by atoms with E-state index in [1.54, 1.807) is 0 Å². The average Bonchev–Trinajstić information content (AvgIpc) is 2.67. The molecule has 2 aromatic rings. The lowest BCUT2D eigenvalue weighted by molar-refractivity contribution is 0.727. The molecule has 0 aliphatic rings. The molecule has 2 rings (SSSR count). The molecule has 72 valence electrons. The van der Waals surface area contributed by atoms with Crippen LogP contribution in [-0.4, -0.2) is 9.55 Å². The van der Waals surface area contributed by atoms with E-state index in [0.717, 1.165) is 13.0 Å². The van der Waals surface area contributed by atoms with Crippen LogP contribution in [-0.2, 0) is 13.0 Å². The van der Waals surface area contributed by atoms with E-state index in [1.807, 2.05) is 18.5 Å². The maximum atomic E-state index is 4.11. The lowest BCUT2D eigenvalue weighted by Crippen LogP contribution is -1.99. The van der Waals surface area contributed by atoms with Gasteiger partial charge in [0, 0.05) is 37.3 Å². The number of pyridine rings is 1. The summed E-state index contributed by atoms with van der Waals surface area (Å²) in [5, 5.41) is 0. The molecule has 0 saturated heterocycles. The third-order valence-electron chi connectivity index (χ3n) is 2.37. The first-order valence-electron chi connectivity index (χ1n) is 4.93. The van der Waals surface area contributed by atoms with Crippen molar-refractivity contribution < 1.29 is 0 Å². The first-order chi connectivity index (χ1) is 6.90. The standard InChI is InChI=1S/C12H14N2/c1-2-14-8-4-6-12(14)9-11-5-3-7-13-10-11/h3-8,10H,2,9H2,1H3. The third kappa shape index (κ3) is 1.84. The minimum Gasteiger partial charge on any atom is -0.351 e. The molecule has 2 heteroatoms. The topological polar surface area (TPSA) is 17.8 Å². The van der Waals surface area contributed by atoms with Crippen LogP contribution in [0.25, 0.3) is 0 Å².